The third-order valence-corrected chi connectivity index (χ3v) is 2.07. The molecule has 1 rings (SSSR count). The standard InChI is InChI=1S/C8H14ClNO2/c9-4-7-12-8(11)10-5-2-1-3-6-10/h1-7H2. The molecule has 12 heavy (non-hydrogen) atoms. The number of hydrogen-bond acceptors (Lipinski definition) is 2. The highest BCUT2D eigenvalue weighted by molar-refractivity contribution is 6.18. The average molecular weight is 192 g/mol. The van der Waals surface area contributed by atoms with Crippen molar-refractivity contribution < 1.29 is 9.53 Å². The smallest absolute Gasteiger partial charge is 0.409 e. The lowest BCUT2D eigenvalue weighted by atomic mass is 10.1. The average Bonchev–Trinajstić information content (AvgIpc) is 2.15. The van der Waals surface area contributed by atoms with Crippen molar-refractivity contribution in [1.82, 2.24) is 4.90 Å². The molecule has 1 heterocycles. The van der Waals surface area contributed by atoms with Crippen LogP contribution in [0.4, 0.5) is 4.79 Å². The molecular formula is C8H14ClNO2. The molecule has 0 aromatic rings. The molecule has 4 heteroatoms. The van der Waals surface area contributed by atoms with E-state index in [1.165, 1.54) is 6.42 Å². The Morgan fingerprint density at radius 3 is 2.58 bits per heavy atom. The van der Waals surface area contributed by atoms with Crippen molar-refractivity contribution >= 4 is 17.7 Å². The number of rotatable bonds is 2. The van der Waals surface area contributed by atoms with Crippen molar-refractivity contribution in [2.24, 2.45) is 0 Å². The monoisotopic (exact) mass is 191 g/mol. The number of carbonyl (C=O) groups is 1. The molecule has 0 saturated carbocycles. The molecule has 0 atom stereocenters. The van der Waals surface area contributed by atoms with Gasteiger partial charge < -0.3 is 9.64 Å². The van der Waals surface area contributed by atoms with E-state index < -0.39 is 0 Å². The van der Waals surface area contributed by atoms with Gasteiger partial charge in [-0.15, -0.1) is 11.6 Å². The summed E-state index contributed by atoms with van der Waals surface area (Å²) in [6.07, 6.45) is 3.20. The summed E-state index contributed by atoms with van der Waals surface area (Å²) >= 11 is 5.39. The van der Waals surface area contributed by atoms with Crippen molar-refractivity contribution in [3.63, 3.8) is 0 Å². The van der Waals surface area contributed by atoms with Gasteiger partial charge in [-0.25, -0.2) is 4.79 Å². The molecule has 1 amide bonds. The largest absolute Gasteiger partial charge is 0.448 e. The molecule has 0 radical (unpaired) electrons. The molecule has 0 N–H and O–H groups in total. The van der Waals surface area contributed by atoms with Crippen LogP contribution in [0, 0.1) is 0 Å². The third-order valence-electron chi connectivity index (χ3n) is 1.92. The third kappa shape index (κ3) is 2.89. The van der Waals surface area contributed by atoms with Crippen LogP contribution >= 0.6 is 11.6 Å². The van der Waals surface area contributed by atoms with Crippen LogP contribution in [0.5, 0.6) is 0 Å². The van der Waals surface area contributed by atoms with Crippen molar-refractivity contribution in [2.75, 3.05) is 25.6 Å². The number of likely N-dealkylation sites (tertiary alicyclic amines) is 1. The topological polar surface area (TPSA) is 29.5 Å². The zero-order valence-electron chi connectivity index (χ0n) is 7.09. The van der Waals surface area contributed by atoms with Gasteiger partial charge in [0.25, 0.3) is 0 Å². The summed E-state index contributed by atoms with van der Waals surface area (Å²) in [4.78, 5) is 12.9. The predicted molar refractivity (Wildman–Crippen MR) is 47.5 cm³/mol. The Labute approximate surface area is 77.6 Å². The number of ether oxygens (including phenoxy) is 1. The second kappa shape index (κ2) is 5.25. The van der Waals surface area contributed by atoms with Gasteiger partial charge in [0.05, 0.1) is 5.88 Å². The van der Waals surface area contributed by atoms with Crippen LogP contribution in [0.25, 0.3) is 0 Å². The van der Waals surface area contributed by atoms with E-state index in [1.807, 2.05) is 0 Å². The first kappa shape index (κ1) is 9.65. The number of carbonyl (C=O) groups excluding carboxylic acids is 1. The summed E-state index contributed by atoms with van der Waals surface area (Å²) in [6.45, 7) is 1.99. The molecule has 1 aliphatic heterocycles. The van der Waals surface area contributed by atoms with Gasteiger partial charge in [-0.05, 0) is 19.3 Å². The van der Waals surface area contributed by atoms with Gasteiger partial charge in [-0.3, -0.25) is 0 Å². The van der Waals surface area contributed by atoms with Crippen LogP contribution in [0.15, 0.2) is 0 Å². The molecule has 0 aliphatic carbocycles. The maximum absolute atomic E-state index is 11.2. The number of alkyl halides is 1. The van der Waals surface area contributed by atoms with E-state index in [-0.39, 0.29) is 6.09 Å². The minimum atomic E-state index is -0.213. The lowest BCUT2D eigenvalue weighted by Gasteiger charge is -2.25. The van der Waals surface area contributed by atoms with E-state index in [0.29, 0.717) is 12.5 Å². The number of amides is 1. The van der Waals surface area contributed by atoms with Gasteiger partial charge >= 0.3 is 6.09 Å². The number of piperidine rings is 1. The number of nitrogens with zero attached hydrogens (tertiary/aromatic N) is 1. The van der Waals surface area contributed by atoms with Gasteiger partial charge in [0.15, 0.2) is 0 Å². The highest BCUT2D eigenvalue weighted by Gasteiger charge is 2.16. The first-order valence-electron chi connectivity index (χ1n) is 4.32. The van der Waals surface area contributed by atoms with Crippen molar-refractivity contribution in [3.8, 4) is 0 Å². The van der Waals surface area contributed by atoms with Gasteiger partial charge in [-0.1, -0.05) is 0 Å². The van der Waals surface area contributed by atoms with Gasteiger partial charge in [0.2, 0.25) is 0 Å². The Kier molecular flexibility index (Phi) is 4.22. The molecule has 1 saturated heterocycles. The van der Waals surface area contributed by atoms with Crippen LogP contribution in [0.3, 0.4) is 0 Å². The first-order valence-corrected chi connectivity index (χ1v) is 4.85. The maximum Gasteiger partial charge on any atom is 0.409 e. The molecule has 0 unspecified atom stereocenters. The molecule has 1 fully saturated rings. The van der Waals surface area contributed by atoms with E-state index in [9.17, 15) is 4.79 Å². The summed E-state index contributed by atoms with van der Waals surface area (Å²) in [5, 5.41) is 0. The maximum atomic E-state index is 11.2. The zero-order valence-corrected chi connectivity index (χ0v) is 7.85. The Balaban J connectivity index is 2.20. The van der Waals surface area contributed by atoms with E-state index in [1.54, 1.807) is 4.90 Å². The Morgan fingerprint density at radius 1 is 1.33 bits per heavy atom. The molecule has 1 aliphatic rings. The highest BCUT2D eigenvalue weighted by atomic mass is 35.5. The fraction of sp³-hybridized carbons (Fsp3) is 0.875. The Hall–Kier alpha value is -0.440. The zero-order chi connectivity index (χ0) is 8.81. The van der Waals surface area contributed by atoms with E-state index in [0.717, 1.165) is 25.9 Å². The van der Waals surface area contributed by atoms with E-state index in [4.69, 9.17) is 16.3 Å². The minimum Gasteiger partial charge on any atom is -0.448 e. The normalized spacial score (nSPS) is 17.6. The summed E-state index contributed by atoms with van der Waals surface area (Å²) < 4.78 is 4.89. The molecule has 3 nitrogen and oxygen atoms in total. The van der Waals surface area contributed by atoms with E-state index >= 15 is 0 Å². The molecule has 0 aromatic carbocycles. The van der Waals surface area contributed by atoms with Gasteiger partial charge in [0.1, 0.15) is 6.61 Å². The number of hydrogen-bond donors (Lipinski definition) is 0. The Morgan fingerprint density at radius 2 is 2.00 bits per heavy atom. The molecular weight excluding hydrogens is 178 g/mol. The van der Waals surface area contributed by atoms with Crippen molar-refractivity contribution in [3.05, 3.63) is 0 Å². The van der Waals surface area contributed by atoms with Crippen LogP contribution in [0.2, 0.25) is 0 Å². The molecule has 70 valence electrons. The molecule has 0 spiro atoms. The van der Waals surface area contributed by atoms with Crippen LogP contribution < -0.4 is 0 Å². The second-order valence-electron chi connectivity index (χ2n) is 2.85. The second-order valence-corrected chi connectivity index (χ2v) is 3.23. The predicted octanol–water partition coefficient (Wildman–Crippen LogP) is 1.85. The summed E-state index contributed by atoms with van der Waals surface area (Å²) in [7, 11) is 0. The molecule has 0 bridgehead atoms. The quantitative estimate of drug-likeness (QED) is 0.624. The lowest BCUT2D eigenvalue weighted by Crippen LogP contribution is -2.36. The number of halogens is 1. The Bertz CT molecular complexity index is 146. The molecule has 0 aromatic heterocycles. The van der Waals surface area contributed by atoms with Crippen LogP contribution in [-0.2, 0) is 4.74 Å². The highest BCUT2D eigenvalue weighted by Crippen LogP contribution is 2.09. The SMILES string of the molecule is O=C(OCCCl)N1CCCCC1. The van der Waals surface area contributed by atoms with Crippen LogP contribution in [-0.4, -0.2) is 36.6 Å². The minimum absolute atomic E-state index is 0.213. The van der Waals surface area contributed by atoms with Crippen LogP contribution in [0.1, 0.15) is 19.3 Å². The van der Waals surface area contributed by atoms with Gasteiger partial charge in [0, 0.05) is 13.1 Å². The summed E-state index contributed by atoms with van der Waals surface area (Å²) in [5.41, 5.74) is 0. The van der Waals surface area contributed by atoms with Crippen molar-refractivity contribution in [1.29, 1.82) is 0 Å². The summed E-state index contributed by atoms with van der Waals surface area (Å²) in [6, 6.07) is 0. The lowest BCUT2D eigenvalue weighted by molar-refractivity contribution is 0.100. The fourth-order valence-electron chi connectivity index (χ4n) is 1.29. The summed E-state index contributed by atoms with van der Waals surface area (Å²) in [5.74, 6) is 0.375. The fourth-order valence-corrected chi connectivity index (χ4v) is 1.37. The van der Waals surface area contributed by atoms with Crippen molar-refractivity contribution in [2.45, 2.75) is 19.3 Å². The first-order chi connectivity index (χ1) is 5.84. The van der Waals surface area contributed by atoms with Gasteiger partial charge in [-0.2, -0.15) is 0 Å². The van der Waals surface area contributed by atoms with E-state index in [2.05, 4.69) is 0 Å².